The maximum Gasteiger partial charge on any atom is 0.256 e. The van der Waals surface area contributed by atoms with E-state index in [-0.39, 0.29) is 5.91 Å². The van der Waals surface area contributed by atoms with Gasteiger partial charge in [0.2, 0.25) is 0 Å². The molecule has 6 nitrogen and oxygen atoms in total. The zero-order valence-electron chi connectivity index (χ0n) is 13.1. The molecule has 0 aromatic carbocycles. The zero-order chi connectivity index (χ0) is 15.4. The van der Waals surface area contributed by atoms with Crippen LogP contribution < -0.4 is 5.32 Å². The molecule has 114 valence electrons. The van der Waals surface area contributed by atoms with Gasteiger partial charge in [0.05, 0.1) is 6.20 Å². The van der Waals surface area contributed by atoms with Crippen molar-refractivity contribution in [2.75, 3.05) is 20.3 Å². The van der Waals surface area contributed by atoms with Gasteiger partial charge in [-0.2, -0.15) is 5.10 Å². The topological polar surface area (TPSA) is 68.5 Å². The first-order valence-electron chi connectivity index (χ1n) is 7.21. The lowest BCUT2D eigenvalue weighted by atomic mass is 10.1. The average Bonchev–Trinajstić information content (AvgIpc) is 2.88. The van der Waals surface area contributed by atoms with Crippen molar-refractivity contribution >= 4 is 11.6 Å². The number of fused-ring (bicyclic) bond motifs is 1. The van der Waals surface area contributed by atoms with Gasteiger partial charge in [0, 0.05) is 31.6 Å². The van der Waals surface area contributed by atoms with E-state index in [0.717, 1.165) is 24.2 Å². The van der Waals surface area contributed by atoms with E-state index in [1.165, 1.54) is 5.56 Å². The molecule has 0 radical (unpaired) electrons. The fraction of sp³-hybridized carbons (Fsp3) is 0.533. The van der Waals surface area contributed by atoms with Crippen molar-refractivity contribution < 1.29 is 9.53 Å². The van der Waals surface area contributed by atoms with Crippen molar-refractivity contribution in [3.05, 3.63) is 28.7 Å². The number of aryl methyl sites for hydroxylation is 2. The van der Waals surface area contributed by atoms with E-state index in [1.807, 2.05) is 13.8 Å². The van der Waals surface area contributed by atoms with Gasteiger partial charge in [-0.1, -0.05) is 6.92 Å². The normalized spacial score (nSPS) is 11.0. The molecule has 1 N–H and O–H groups in total. The smallest absolute Gasteiger partial charge is 0.256 e. The molecule has 0 aliphatic rings. The molecule has 0 unspecified atom stereocenters. The molecular weight excluding hydrogens is 268 g/mol. The predicted molar refractivity (Wildman–Crippen MR) is 80.7 cm³/mol. The highest BCUT2D eigenvalue weighted by atomic mass is 16.5. The number of carbonyl (C=O) groups excluding carboxylic acids is 1. The number of nitrogens with one attached hydrogen (secondary N) is 1. The van der Waals surface area contributed by atoms with E-state index < -0.39 is 0 Å². The lowest BCUT2D eigenvalue weighted by Gasteiger charge is -2.09. The summed E-state index contributed by atoms with van der Waals surface area (Å²) in [6, 6.07) is 0. The van der Waals surface area contributed by atoms with Gasteiger partial charge in [-0.15, -0.1) is 0 Å². The molecule has 2 heterocycles. The Labute approximate surface area is 124 Å². The van der Waals surface area contributed by atoms with E-state index in [2.05, 4.69) is 22.3 Å². The summed E-state index contributed by atoms with van der Waals surface area (Å²) in [6.45, 7) is 7.28. The monoisotopic (exact) mass is 290 g/mol. The molecule has 0 atom stereocenters. The van der Waals surface area contributed by atoms with E-state index in [4.69, 9.17) is 4.74 Å². The third-order valence-corrected chi connectivity index (χ3v) is 3.62. The molecule has 2 aromatic heterocycles. The van der Waals surface area contributed by atoms with Crippen molar-refractivity contribution in [3.63, 3.8) is 0 Å². The van der Waals surface area contributed by atoms with Crippen molar-refractivity contribution in [3.8, 4) is 0 Å². The summed E-state index contributed by atoms with van der Waals surface area (Å²) < 4.78 is 6.71. The van der Waals surface area contributed by atoms with Crippen LogP contribution in [0.25, 0.3) is 5.65 Å². The summed E-state index contributed by atoms with van der Waals surface area (Å²) in [5.41, 5.74) is 4.31. The van der Waals surface area contributed by atoms with Gasteiger partial charge < -0.3 is 10.1 Å². The lowest BCUT2D eigenvalue weighted by Crippen LogP contribution is -2.25. The molecule has 0 saturated carbocycles. The Hall–Kier alpha value is -1.95. The van der Waals surface area contributed by atoms with Crippen molar-refractivity contribution in [1.29, 1.82) is 0 Å². The second-order valence-electron chi connectivity index (χ2n) is 5.01. The molecule has 1 amide bonds. The number of amides is 1. The van der Waals surface area contributed by atoms with Gasteiger partial charge in [-0.05, 0) is 32.3 Å². The first-order valence-corrected chi connectivity index (χ1v) is 7.21. The molecule has 2 aromatic rings. The number of carbonyl (C=O) groups is 1. The van der Waals surface area contributed by atoms with Crippen LogP contribution in [-0.2, 0) is 11.2 Å². The lowest BCUT2D eigenvalue weighted by molar-refractivity contribution is 0.0950. The highest BCUT2D eigenvalue weighted by molar-refractivity contribution is 5.99. The summed E-state index contributed by atoms with van der Waals surface area (Å²) in [6.07, 6.45) is 3.27. The van der Waals surface area contributed by atoms with Crippen LogP contribution in [-0.4, -0.2) is 40.8 Å². The Morgan fingerprint density at radius 3 is 2.86 bits per heavy atom. The summed E-state index contributed by atoms with van der Waals surface area (Å²) in [5, 5.41) is 7.17. The van der Waals surface area contributed by atoms with Crippen LogP contribution in [0.15, 0.2) is 6.20 Å². The van der Waals surface area contributed by atoms with E-state index in [9.17, 15) is 4.79 Å². The number of ether oxygens (including phenoxy) is 1. The largest absolute Gasteiger partial charge is 0.385 e. The molecule has 6 heteroatoms. The first-order chi connectivity index (χ1) is 10.1. The Morgan fingerprint density at radius 1 is 1.43 bits per heavy atom. The molecular formula is C15H22N4O2. The third kappa shape index (κ3) is 3.05. The second-order valence-corrected chi connectivity index (χ2v) is 5.01. The minimum Gasteiger partial charge on any atom is -0.385 e. The van der Waals surface area contributed by atoms with Gasteiger partial charge in [0.15, 0.2) is 5.65 Å². The molecule has 0 aliphatic carbocycles. The minimum absolute atomic E-state index is 0.142. The van der Waals surface area contributed by atoms with E-state index >= 15 is 0 Å². The van der Waals surface area contributed by atoms with Crippen LogP contribution in [0.1, 0.15) is 40.7 Å². The number of hydrogen-bond acceptors (Lipinski definition) is 4. The van der Waals surface area contributed by atoms with Gasteiger partial charge in [0.25, 0.3) is 5.91 Å². The highest BCUT2D eigenvalue weighted by Crippen LogP contribution is 2.17. The predicted octanol–water partition coefficient (Wildman–Crippen LogP) is 1.67. The number of rotatable bonds is 6. The maximum atomic E-state index is 12.2. The van der Waals surface area contributed by atoms with Crippen LogP contribution in [0.5, 0.6) is 0 Å². The van der Waals surface area contributed by atoms with Crippen molar-refractivity contribution in [1.82, 2.24) is 19.9 Å². The molecule has 2 rings (SSSR count). The number of aromatic nitrogens is 3. The van der Waals surface area contributed by atoms with Gasteiger partial charge >= 0.3 is 0 Å². The number of methoxy groups -OCH3 is 1. The summed E-state index contributed by atoms with van der Waals surface area (Å²) in [5.74, 6) is -0.142. The second kappa shape index (κ2) is 6.67. The summed E-state index contributed by atoms with van der Waals surface area (Å²) in [7, 11) is 1.65. The third-order valence-electron chi connectivity index (χ3n) is 3.62. The van der Waals surface area contributed by atoms with E-state index in [0.29, 0.717) is 24.4 Å². The molecule has 0 saturated heterocycles. The Balaban J connectivity index is 2.27. The Bertz CT molecular complexity index is 649. The van der Waals surface area contributed by atoms with Crippen LogP contribution in [0, 0.1) is 13.8 Å². The Morgan fingerprint density at radius 2 is 2.19 bits per heavy atom. The van der Waals surface area contributed by atoms with Crippen molar-refractivity contribution in [2.24, 2.45) is 0 Å². The number of nitrogens with zero attached hydrogens (tertiary/aromatic N) is 3. The van der Waals surface area contributed by atoms with E-state index in [1.54, 1.807) is 17.8 Å². The van der Waals surface area contributed by atoms with Gasteiger partial charge in [-0.3, -0.25) is 4.79 Å². The molecule has 0 bridgehead atoms. The fourth-order valence-electron chi connectivity index (χ4n) is 2.50. The Kier molecular flexibility index (Phi) is 4.90. The average molecular weight is 290 g/mol. The standard InChI is InChI=1S/C15H22N4O2/c1-5-12-10(2)18-14-13(9-17-19(14)11(12)3)15(20)16-7-6-8-21-4/h9H,5-8H2,1-4H3,(H,16,20). The fourth-order valence-corrected chi connectivity index (χ4v) is 2.50. The highest BCUT2D eigenvalue weighted by Gasteiger charge is 2.17. The zero-order valence-corrected chi connectivity index (χ0v) is 13.1. The summed E-state index contributed by atoms with van der Waals surface area (Å²) >= 11 is 0. The summed E-state index contributed by atoms with van der Waals surface area (Å²) in [4.78, 5) is 16.8. The maximum absolute atomic E-state index is 12.2. The first kappa shape index (κ1) is 15.4. The van der Waals surface area contributed by atoms with Crippen LogP contribution in [0.2, 0.25) is 0 Å². The number of hydrogen-bond donors (Lipinski definition) is 1. The minimum atomic E-state index is -0.142. The molecule has 0 spiro atoms. The van der Waals surface area contributed by atoms with Gasteiger partial charge in [0.1, 0.15) is 5.56 Å². The molecule has 21 heavy (non-hydrogen) atoms. The van der Waals surface area contributed by atoms with Crippen LogP contribution >= 0.6 is 0 Å². The quantitative estimate of drug-likeness (QED) is 0.822. The van der Waals surface area contributed by atoms with Crippen LogP contribution in [0.4, 0.5) is 0 Å². The van der Waals surface area contributed by atoms with Crippen LogP contribution in [0.3, 0.4) is 0 Å². The SMILES string of the molecule is CCc1c(C)nc2c(C(=O)NCCCOC)cnn2c1C. The molecule has 0 fully saturated rings. The molecule has 0 aliphatic heterocycles. The van der Waals surface area contributed by atoms with Gasteiger partial charge in [-0.25, -0.2) is 9.50 Å². The van der Waals surface area contributed by atoms with Crippen molar-refractivity contribution in [2.45, 2.75) is 33.6 Å².